The molecule has 1 unspecified atom stereocenters. The molecule has 1 heterocycles. The van der Waals surface area contributed by atoms with Crippen LogP contribution in [0.15, 0.2) is 115 Å². The number of amides is 2. The van der Waals surface area contributed by atoms with E-state index in [4.69, 9.17) is 13.9 Å². The Morgan fingerprint density at radius 2 is 1.38 bits per heavy atom. The smallest absolute Gasteiger partial charge is 0.347 e. The number of hydrogen-bond acceptors (Lipinski definition) is 5. The van der Waals surface area contributed by atoms with Crippen LogP contribution < -0.4 is 29.6 Å². The lowest BCUT2D eigenvalue weighted by atomic mass is 9.95. The van der Waals surface area contributed by atoms with Crippen LogP contribution in [0, 0.1) is 0 Å². The fourth-order valence-corrected chi connectivity index (χ4v) is 11.1. The standard InChI is InChI=1S/C37H42N2O5Si/c1-28(26-44-45(37(2,3)4,32-17-11-7-12-18-32)33-19-13-8-14-20-33)39(29-21-23-30(42-5)24-22-29)25-34(36(39)41)38-35(40)27-43-31-15-9-6-10-16-31/h6-24,28,34H,25-27H2,1-5H3/p+1/t28?,34-,39-/m0/s1. The highest BCUT2D eigenvalue weighted by molar-refractivity contribution is 6.99. The molecule has 0 radical (unpaired) electrons. The lowest BCUT2D eigenvalue weighted by Gasteiger charge is -2.51. The third-order valence-corrected chi connectivity index (χ3v) is 13.9. The van der Waals surface area contributed by atoms with Crippen LogP contribution in [0.2, 0.25) is 5.04 Å². The monoisotopic (exact) mass is 623 g/mol. The number of β-lactam (4-membered cyclic amide) rings is 1. The van der Waals surface area contributed by atoms with Crippen LogP contribution in [0.1, 0.15) is 27.7 Å². The van der Waals surface area contributed by atoms with Crippen LogP contribution in [0.5, 0.6) is 11.5 Å². The van der Waals surface area contributed by atoms with Gasteiger partial charge in [0.1, 0.15) is 29.8 Å². The molecule has 3 atom stereocenters. The van der Waals surface area contributed by atoms with E-state index in [9.17, 15) is 9.59 Å². The fraction of sp³-hybridized carbons (Fsp3) is 0.297. The first-order valence-corrected chi connectivity index (χ1v) is 17.3. The van der Waals surface area contributed by atoms with Gasteiger partial charge in [0.05, 0.1) is 13.7 Å². The molecule has 2 amide bonds. The molecule has 4 aromatic rings. The molecule has 8 heteroatoms. The fourth-order valence-electron chi connectivity index (χ4n) is 6.50. The maximum Gasteiger partial charge on any atom is 0.347 e. The largest absolute Gasteiger partial charge is 0.497 e. The zero-order valence-electron chi connectivity index (χ0n) is 26.7. The third kappa shape index (κ3) is 6.31. The maximum atomic E-state index is 14.2. The molecule has 5 rings (SSSR count). The molecule has 0 spiro atoms. The molecule has 1 aliphatic rings. The van der Waals surface area contributed by atoms with Gasteiger partial charge in [-0.1, -0.05) is 99.6 Å². The molecule has 7 nitrogen and oxygen atoms in total. The molecule has 0 bridgehead atoms. The van der Waals surface area contributed by atoms with Crippen LogP contribution in [-0.4, -0.2) is 59.1 Å². The first-order chi connectivity index (χ1) is 21.6. The number of rotatable bonds is 12. The van der Waals surface area contributed by atoms with Gasteiger partial charge in [-0.2, -0.15) is 0 Å². The third-order valence-electron chi connectivity index (χ3n) is 8.85. The van der Waals surface area contributed by atoms with Crippen LogP contribution in [0.3, 0.4) is 0 Å². The predicted octanol–water partition coefficient (Wildman–Crippen LogP) is 5.07. The highest BCUT2D eigenvalue weighted by Crippen LogP contribution is 2.40. The summed E-state index contributed by atoms with van der Waals surface area (Å²) in [5, 5.41) is 5.07. The van der Waals surface area contributed by atoms with Gasteiger partial charge in [0, 0.05) is 12.1 Å². The van der Waals surface area contributed by atoms with Crippen molar-refractivity contribution in [2.24, 2.45) is 0 Å². The van der Waals surface area contributed by atoms with Gasteiger partial charge in [-0.25, -0.2) is 9.28 Å². The molecule has 0 saturated carbocycles. The van der Waals surface area contributed by atoms with E-state index in [1.165, 1.54) is 10.4 Å². The summed E-state index contributed by atoms with van der Waals surface area (Å²) in [6.07, 6.45) is 0. The summed E-state index contributed by atoms with van der Waals surface area (Å²) >= 11 is 0. The minimum Gasteiger partial charge on any atom is -0.497 e. The van der Waals surface area contributed by atoms with Crippen molar-refractivity contribution in [3.05, 3.63) is 115 Å². The van der Waals surface area contributed by atoms with E-state index >= 15 is 0 Å². The number of carbonyl (C=O) groups is 2. The molecular weight excluding hydrogens is 581 g/mol. The van der Waals surface area contributed by atoms with Crippen LogP contribution in [0.4, 0.5) is 5.69 Å². The summed E-state index contributed by atoms with van der Waals surface area (Å²) in [6, 6.07) is 36.9. The van der Waals surface area contributed by atoms with Crippen LogP contribution in [0.25, 0.3) is 0 Å². The van der Waals surface area contributed by atoms with Gasteiger partial charge in [-0.15, -0.1) is 0 Å². The molecule has 0 aliphatic carbocycles. The van der Waals surface area contributed by atoms with Crippen molar-refractivity contribution >= 4 is 36.2 Å². The number of quaternary nitrogens is 1. The van der Waals surface area contributed by atoms with Gasteiger partial charge in [0.15, 0.2) is 12.6 Å². The second-order valence-electron chi connectivity index (χ2n) is 12.6. The molecule has 45 heavy (non-hydrogen) atoms. The van der Waals surface area contributed by atoms with Gasteiger partial charge in [0.2, 0.25) is 0 Å². The van der Waals surface area contributed by atoms with E-state index < -0.39 is 14.4 Å². The first-order valence-electron chi connectivity index (χ1n) is 15.4. The number of hydrogen-bond donors (Lipinski definition) is 1. The Balaban J connectivity index is 1.42. The molecular formula is C37H43N2O5Si+. The van der Waals surface area contributed by atoms with E-state index in [2.05, 4.69) is 81.5 Å². The molecule has 234 valence electrons. The van der Waals surface area contributed by atoms with Crippen molar-refractivity contribution in [1.29, 1.82) is 0 Å². The first kappa shape index (κ1) is 32.2. The summed E-state index contributed by atoms with van der Waals surface area (Å²) < 4.78 is 18.3. The Labute approximate surface area is 267 Å². The second kappa shape index (κ2) is 13.4. The van der Waals surface area contributed by atoms with Gasteiger partial charge < -0.3 is 19.2 Å². The average Bonchev–Trinajstić information content (AvgIpc) is 3.06. The Morgan fingerprint density at radius 1 is 0.844 bits per heavy atom. The van der Waals surface area contributed by atoms with Gasteiger partial charge >= 0.3 is 5.91 Å². The van der Waals surface area contributed by atoms with E-state index in [0.29, 0.717) is 24.7 Å². The Hall–Kier alpha value is -4.24. The summed E-state index contributed by atoms with van der Waals surface area (Å²) in [6.45, 7) is 9.40. The number of likely N-dealkylation sites (tertiary alicyclic amines) is 1. The highest BCUT2D eigenvalue weighted by atomic mass is 28.4. The number of nitrogens with zero attached hydrogens (tertiary/aromatic N) is 1. The SMILES string of the molecule is COc1ccc([N@@+]2(C(C)CO[Si](c3ccccc3)(c3ccccc3)C(C)(C)C)C[C@H](NC(=O)COc3ccccc3)C2=O)cc1. The number of nitrogens with one attached hydrogen (secondary N) is 1. The maximum absolute atomic E-state index is 14.2. The predicted molar refractivity (Wildman–Crippen MR) is 182 cm³/mol. The normalized spacial score (nSPS) is 18.9. The molecule has 1 N–H and O–H groups in total. The average molecular weight is 624 g/mol. The molecule has 1 saturated heterocycles. The summed E-state index contributed by atoms with van der Waals surface area (Å²) in [5.74, 6) is 0.904. The summed E-state index contributed by atoms with van der Waals surface area (Å²) in [5.41, 5.74) is 0.838. The van der Waals surface area contributed by atoms with Crippen molar-refractivity contribution in [3.63, 3.8) is 0 Å². The molecule has 0 aromatic heterocycles. The van der Waals surface area contributed by atoms with Crippen molar-refractivity contribution in [1.82, 2.24) is 9.80 Å². The topological polar surface area (TPSA) is 73.9 Å². The van der Waals surface area contributed by atoms with Gasteiger partial charge in [0.25, 0.3) is 14.2 Å². The number of benzene rings is 4. The van der Waals surface area contributed by atoms with Crippen LogP contribution in [-0.2, 0) is 14.0 Å². The number of carbonyl (C=O) groups excluding carboxylic acids is 2. The summed E-state index contributed by atoms with van der Waals surface area (Å²) in [4.78, 5) is 27.0. The zero-order valence-corrected chi connectivity index (χ0v) is 27.7. The highest BCUT2D eigenvalue weighted by Gasteiger charge is 2.61. The second-order valence-corrected chi connectivity index (χ2v) is 16.9. The minimum atomic E-state index is -2.83. The molecule has 4 aromatic carbocycles. The minimum absolute atomic E-state index is 0.0622. The summed E-state index contributed by atoms with van der Waals surface area (Å²) in [7, 11) is -1.21. The van der Waals surface area contributed by atoms with Gasteiger partial charge in [-0.05, 0) is 46.6 Å². The van der Waals surface area contributed by atoms with Crippen molar-refractivity contribution in [3.8, 4) is 11.5 Å². The van der Waals surface area contributed by atoms with Crippen molar-refractivity contribution < 1.29 is 23.5 Å². The van der Waals surface area contributed by atoms with E-state index in [1.54, 1.807) is 19.2 Å². The zero-order chi connectivity index (χ0) is 32.1. The van der Waals surface area contributed by atoms with Crippen LogP contribution >= 0.6 is 0 Å². The van der Waals surface area contributed by atoms with E-state index in [-0.39, 0.29) is 34.0 Å². The number of para-hydroxylation sites is 1. The molecule has 1 fully saturated rings. The van der Waals surface area contributed by atoms with Gasteiger partial charge in [-0.3, -0.25) is 4.79 Å². The Morgan fingerprint density at radius 3 is 1.87 bits per heavy atom. The van der Waals surface area contributed by atoms with Crippen molar-refractivity contribution in [2.45, 2.75) is 44.8 Å². The van der Waals surface area contributed by atoms with E-state index in [1.807, 2.05) is 54.6 Å². The number of methoxy groups -OCH3 is 1. The molecule has 1 aliphatic heterocycles. The quantitative estimate of drug-likeness (QED) is 0.136. The lowest BCUT2D eigenvalue weighted by molar-refractivity contribution is -0.149. The Kier molecular flexibility index (Phi) is 9.58. The number of ether oxygens (including phenoxy) is 2. The van der Waals surface area contributed by atoms with E-state index in [0.717, 1.165) is 5.69 Å². The lowest BCUT2D eigenvalue weighted by Crippen LogP contribution is -2.80. The Bertz CT molecular complexity index is 1540. The van der Waals surface area contributed by atoms with Crippen molar-refractivity contribution in [2.75, 3.05) is 26.9 Å².